The molecule has 0 radical (unpaired) electrons. The summed E-state index contributed by atoms with van der Waals surface area (Å²) in [6, 6.07) is 9.62. The summed E-state index contributed by atoms with van der Waals surface area (Å²) in [5, 5.41) is 2.73. The number of unbranched alkanes of at least 4 members (excludes halogenated alkanes) is 2. The number of carbonyl (C=O) groups is 1. The second-order valence-corrected chi connectivity index (χ2v) is 6.01. The predicted octanol–water partition coefficient (Wildman–Crippen LogP) is 3.83. The van der Waals surface area contributed by atoms with Crippen molar-refractivity contribution >= 4 is 27.7 Å². The van der Waals surface area contributed by atoms with Crippen LogP contribution in [0.4, 0.5) is 5.82 Å². The van der Waals surface area contributed by atoms with E-state index >= 15 is 0 Å². The number of amides is 1. The highest BCUT2D eigenvalue weighted by Crippen LogP contribution is 2.18. The van der Waals surface area contributed by atoms with E-state index in [4.69, 9.17) is 9.47 Å². The molecule has 0 unspecified atom stereocenters. The Morgan fingerprint density at radius 1 is 1.25 bits per heavy atom. The lowest BCUT2D eigenvalue weighted by atomic mass is 10.2. The maximum Gasteiger partial charge on any atom is 0.318 e. The van der Waals surface area contributed by atoms with Crippen LogP contribution >= 0.6 is 15.9 Å². The third-order valence-electron chi connectivity index (χ3n) is 3.20. The number of methoxy groups -OCH3 is 1. The molecule has 0 fully saturated rings. The zero-order valence-electron chi connectivity index (χ0n) is 13.5. The smallest absolute Gasteiger partial charge is 0.318 e. The SMILES string of the molecule is COc1nccc(NC(=O)CCCCCOc2cccc(Br)c2)n1. The summed E-state index contributed by atoms with van der Waals surface area (Å²) in [6.07, 6.45) is 4.62. The van der Waals surface area contributed by atoms with Crippen molar-refractivity contribution in [2.75, 3.05) is 19.0 Å². The highest BCUT2D eigenvalue weighted by Gasteiger charge is 2.05. The number of nitrogens with one attached hydrogen (secondary N) is 1. The quantitative estimate of drug-likeness (QED) is 0.655. The van der Waals surface area contributed by atoms with Gasteiger partial charge in [-0.15, -0.1) is 0 Å². The van der Waals surface area contributed by atoms with E-state index in [9.17, 15) is 4.79 Å². The molecular weight excluding hydrogens is 374 g/mol. The highest BCUT2D eigenvalue weighted by atomic mass is 79.9. The van der Waals surface area contributed by atoms with Crippen LogP contribution in [0.25, 0.3) is 0 Å². The monoisotopic (exact) mass is 393 g/mol. The number of aromatic nitrogens is 2. The fourth-order valence-electron chi connectivity index (χ4n) is 2.03. The van der Waals surface area contributed by atoms with E-state index in [0.29, 0.717) is 18.8 Å². The van der Waals surface area contributed by atoms with Crippen LogP contribution in [0.5, 0.6) is 11.8 Å². The van der Waals surface area contributed by atoms with Crippen LogP contribution in [0.3, 0.4) is 0 Å². The van der Waals surface area contributed by atoms with Crippen LogP contribution in [0.15, 0.2) is 41.0 Å². The number of hydrogen-bond acceptors (Lipinski definition) is 5. The number of rotatable bonds is 9. The number of hydrogen-bond donors (Lipinski definition) is 1. The van der Waals surface area contributed by atoms with Gasteiger partial charge in [0.2, 0.25) is 5.91 Å². The normalized spacial score (nSPS) is 10.2. The number of ether oxygens (including phenoxy) is 2. The molecule has 0 aliphatic carbocycles. The first kappa shape index (κ1) is 18.2. The third-order valence-corrected chi connectivity index (χ3v) is 3.69. The second-order valence-electron chi connectivity index (χ2n) is 5.09. The summed E-state index contributed by atoms with van der Waals surface area (Å²) in [4.78, 5) is 19.8. The Bertz CT molecular complexity index is 667. The summed E-state index contributed by atoms with van der Waals surface area (Å²) >= 11 is 3.41. The fourth-order valence-corrected chi connectivity index (χ4v) is 2.40. The van der Waals surface area contributed by atoms with Gasteiger partial charge in [-0.05, 0) is 43.5 Å². The number of carbonyl (C=O) groups excluding carboxylic acids is 1. The molecule has 2 aromatic rings. The molecule has 0 bridgehead atoms. The van der Waals surface area contributed by atoms with E-state index in [2.05, 4.69) is 31.2 Å². The molecule has 1 heterocycles. The molecule has 0 aliphatic heterocycles. The highest BCUT2D eigenvalue weighted by molar-refractivity contribution is 9.10. The van der Waals surface area contributed by atoms with Crippen molar-refractivity contribution in [3.63, 3.8) is 0 Å². The van der Waals surface area contributed by atoms with Gasteiger partial charge in [0, 0.05) is 17.1 Å². The number of benzene rings is 1. The molecule has 0 atom stereocenters. The minimum atomic E-state index is -0.0661. The molecule has 1 N–H and O–H groups in total. The van der Waals surface area contributed by atoms with E-state index in [1.54, 1.807) is 12.3 Å². The first-order chi connectivity index (χ1) is 11.7. The van der Waals surface area contributed by atoms with Crippen LogP contribution < -0.4 is 14.8 Å². The van der Waals surface area contributed by atoms with Crippen LogP contribution in [-0.4, -0.2) is 29.6 Å². The van der Waals surface area contributed by atoms with Crippen molar-refractivity contribution in [3.05, 3.63) is 41.0 Å². The molecule has 1 aromatic heterocycles. The maximum atomic E-state index is 11.9. The molecule has 0 saturated carbocycles. The Hall–Kier alpha value is -2.15. The van der Waals surface area contributed by atoms with E-state index in [-0.39, 0.29) is 11.9 Å². The zero-order valence-corrected chi connectivity index (χ0v) is 15.1. The first-order valence-corrected chi connectivity index (χ1v) is 8.52. The standard InChI is InChI=1S/C17H20BrN3O3/c1-23-17-19-10-9-15(21-17)20-16(22)8-3-2-4-11-24-14-7-5-6-13(18)12-14/h5-7,9-10,12H,2-4,8,11H2,1H3,(H,19,20,21,22). The van der Waals surface area contributed by atoms with Crippen LogP contribution in [0.2, 0.25) is 0 Å². The topological polar surface area (TPSA) is 73.3 Å². The van der Waals surface area contributed by atoms with Crippen LogP contribution in [-0.2, 0) is 4.79 Å². The summed E-state index contributed by atoms with van der Waals surface area (Å²) in [5.74, 6) is 1.23. The van der Waals surface area contributed by atoms with Gasteiger partial charge in [-0.25, -0.2) is 4.98 Å². The predicted molar refractivity (Wildman–Crippen MR) is 95.3 cm³/mol. The summed E-state index contributed by atoms with van der Waals surface area (Å²) in [7, 11) is 1.48. The second kappa shape index (κ2) is 9.87. The molecule has 7 heteroatoms. The molecule has 0 saturated heterocycles. The Labute approximate surface area is 149 Å². The third kappa shape index (κ3) is 6.54. The van der Waals surface area contributed by atoms with Crippen LogP contribution in [0, 0.1) is 0 Å². The van der Waals surface area contributed by atoms with Gasteiger partial charge in [0.1, 0.15) is 11.6 Å². The molecule has 6 nitrogen and oxygen atoms in total. The lowest BCUT2D eigenvalue weighted by molar-refractivity contribution is -0.116. The lowest BCUT2D eigenvalue weighted by Gasteiger charge is -2.07. The van der Waals surface area contributed by atoms with Gasteiger partial charge >= 0.3 is 6.01 Å². The maximum absolute atomic E-state index is 11.9. The molecular formula is C17H20BrN3O3. The van der Waals surface area contributed by atoms with E-state index in [1.165, 1.54) is 7.11 Å². The van der Waals surface area contributed by atoms with Crippen LogP contribution in [0.1, 0.15) is 25.7 Å². The van der Waals surface area contributed by atoms with Gasteiger partial charge in [-0.3, -0.25) is 4.79 Å². The van der Waals surface area contributed by atoms with E-state index in [0.717, 1.165) is 29.5 Å². The number of halogens is 1. The van der Waals surface area contributed by atoms with Gasteiger partial charge in [0.05, 0.1) is 13.7 Å². The van der Waals surface area contributed by atoms with Crippen molar-refractivity contribution < 1.29 is 14.3 Å². The minimum Gasteiger partial charge on any atom is -0.494 e. The van der Waals surface area contributed by atoms with Crippen molar-refractivity contribution in [2.45, 2.75) is 25.7 Å². The lowest BCUT2D eigenvalue weighted by Crippen LogP contribution is -2.12. The minimum absolute atomic E-state index is 0.0661. The Morgan fingerprint density at radius 3 is 2.92 bits per heavy atom. The Balaban J connectivity index is 1.59. The van der Waals surface area contributed by atoms with Gasteiger partial charge in [0.15, 0.2) is 0 Å². The van der Waals surface area contributed by atoms with E-state index in [1.807, 2.05) is 24.3 Å². The molecule has 0 spiro atoms. The fraction of sp³-hybridized carbons (Fsp3) is 0.353. The average molecular weight is 394 g/mol. The zero-order chi connectivity index (χ0) is 17.2. The average Bonchev–Trinajstić information content (AvgIpc) is 2.58. The molecule has 2 rings (SSSR count). The molecule has 0 aliphatic rings. The first-order valence-electron chi connectivity index (χ1n) is 7.72. The van der Waals surface area contributed by atoms with Crippen molar-refractivity contribution in [2.24, 2.45) is 0 Å². The number of anilines is 1. The van der Waals surface area contributed by atoms with Gasteiger partial charge < -0.3 is 14.8 Å². The summed E-state index contributed by atoms with van der Waals surface area (Å²) < 4.78 is 11.6. The largest absolute Gasteiger partial charge is 0.494 e. The van der Waals surface area contributed by atoms with Gasteiger partial charge in [0.25, 0.3) is 0 Å². The molecule has 24 heavy (non-hydrogen) atoms. The number of nitrogens with zero attached hydrogens (tertiary/aromatic N) is 2. The molecule has 128 valence electrons. The van der Waals surface area contributed by atoms with Crippen molar-refractivity contribution in [3.8, 4) is 11.8 Å². The molecule has 1 amide bonds. The summed E-state index contributed by atoms with van der Waals surface area (Å²) in [5.41, 5.74) is 0. The molecule has 1 aromatic carbocycles. The van der Waals surface area contributed by atoms with Crippen molar-refractivity contribution in [1.82, 2.24) is 9.97 Å². The Kier molecular flexibility index (Phi) is 7.48. The van der Waals surface area contributed by atoms with E-state index < -0.39 is 0 Å². The van der Waals surface area contributed by atoms with Gasteiger partial charge in [-0.1, -0.05) is 22.0 Å². The summed E-state index contributed by atoms with van der Waals surface area (Å²) in [6.45, 7) is 0.640. The van der Waals surface area contributed by atoms with Gasteiger partial charge in [-0.2, -0.15) is 4.98 Å². The van der Waals surface area contributed by atoms with Crippen molar-refractivity contribution in [1.29, 1.82) is 0 Å². The Morgan fingerprint density at radius 2 is 2.12 bits per heavy atom.